The minimum atomic E-state index is 0.00379. The zero-order chi connectivity index (χ0) is 15.7. The zero-order valence-electron chi connectivity index (χ0n) is 13.0. The highest BCUT2D eigenvalue weighted by Crippen LogP contribution is 2.24. The summed E-state index contributed by atoms with van der Waals surface area (Å²) in [5.74, 6) is 0.548. The second kappa shape index (κ2) is 6.24. The average molecular weight is 321 g/mol. The van der Waals surface area contributed by atoms with Crippen LogP contribution in [0, 0.1) is 0 Å². The van der Waals surface area contributed by atoms with E-state index in [0.29, 0.717) is 17.2 Å². The Balaban J connectivity index is 1.90. The summed E-state index contributed by atoms with van der Waals surface area (Å²) < 4.78 is 1.67. The Hall–Kier alpha value is -1.62. The van der Waals surface area contributed by atoms with Gasteiger partial charge in [-0.3, -0.25) is 4.79 Å². The average Bonchev–Trinajstić information content (AvgIpc) is 2.90. The topological polar surface area (TPSA) is 50.5 Å². The van der Waals surface area contributed by atoms with E-state index < -0.39 is 0 Å². The van der Waals surface area contributed by atoms with Crippen LogP contribution in [-0.2, 0) is 6.42 Å². The number of piperidine rings is 1. The van der Waals surface area contributed by atoms with Crippen LogP contribution in [0.15, 0.2) is 18.5 Å². The van der Waals surface area contributed by atoms with Gasteiger partial charge in [-0.05, 0) is 45.1 Å². The molecule has 3 rings (SSSR count). The molecule has 5 nitrogen and oxygen atoms in total. The number of likely N-dealkylation sites (tertiary alicyclic amines) is 1. The number of hydrogen-bond acceptors (Lipinski definition) is 3. The fraction of sp³-hybridized carbons (Fsp3) is 0.562. The van der Waals surface area contributed by atoms with Crippen LogP contribution in [0.2, 0.25) is 0 Å². The molecule has 0 N–H and O–H groups in total. The maximum atomic E-state index is 12.8. The Morgan fingerprint density at radius 1 is 1.36 bits per heavy atom. The minimum absolute atomic E-state index is 0.00379. The molecule has 2 aromatic heterocycles. The summed E-state index contributed by atoms with van der Waals surface area (Å²) in [5.41, 5.74) is 2.18. The number of amides is 1. The molecule has 0 aliphatic carbocycles. The summed E-state index contributed by atoms with van der Waals surface area (Å²) in [5, 5.41) is 4.42. The van der Waals surface area contributed by atoms with Crippen LogP contribution in [-0.4, -0.2) is 43.4 Å². The van der Waals surface area contributed by atoms with E-state index >= 15 is 0 Å². The molecule has 1 fully saturated rings. The Morgan fingerprint density at radius 3 is 2.77 bits per heavy atom. The third-order valence-electron chi connectivity index (χ3n) is 4.40. The number of nitrogens with zero attached hydrogens (tertiary/aromatic N) is 4. The molecule has 1 aliphatic rings. The van der Waals surface area contributed by atoms with Crippen molar-refractivity contribution < 1.29 is 4.79 Å². The summed E-state index contributed by atoms with van der Waals surface area (Å²) in [4.78, 5) is 19.1. The number of aryl methyl sites for hydroxylation is 1. The predicted molar refractivity (Wildman–Crippen MR) is 86.4 cm³/mol. The van der Waals surface area contributed by atoms with Crippen molar-refractivity contribution in [2.24, 2.45) is 0 Å². The van der Waals surface area contributed by atoms with Gasteiger partial charge in [-0.25, -0.2) is 9.50 Å². The van der Waals surface area contributed by atoms with E-state index in [4.69, 9.17) is 11.6 Å². The van der Waals surface area contributed by atoms with Crippen LogP contribution in [0.1, 0.15) is 49.2 Å². The highest BCUT2D eigenvalue weighted by atomic mass is 35.5. The first kappa shape index (κ1) is 15.3. The molecule has 118 valence electrons. The number of aromatic nitrogens is 3. The van der Waals surface area contributed by atoms with Gasteiger partial charge < -0.3 is 4.90 Å². The Kier molecular flexibility index (Phi) is 4.34. The quantitative estimate of drug-likeness (QED) is 0.817. The van der Waals surface area contributed by atoms with Gasteiger partial charge in [0, 0.05) is 36.4 Å². The molecule has 1 saturated heterocycles. The van der Waals surface area contributed by atoms with Gasteiger partial charge in [0.1, 0.15) is 0 Å². The lowest BCUT2D eigenvalue weighted by Gasteiger charge is -2.38. The van der Waals surface area contributed by atoms with Crippen LogP contribution >= 0.6 is 11.6 Å². The van der Waals surface area contributed by atoms with Crippen molar-refractivity contribution in [2.75, 3.05) is 5.88 Å². The molecule has 3 heterocycles. The van der Waals surface area contributed by atoms with Crippen molar-refractivity contribution in [1.82, 2.24) is 19.5 Å². The van der Waals surface area contributed by atoms with Gasteiger partial charge in [0.15, 0.2) is 11.3 Å². The van der Waals surface area contributed by atoms with Gasteiger partial charge in [0.05, 0.1) is 0 Å². The standard InChI is InChI=1S/C16H21ClN4O/c1-11-4-3-5-12(2)21(11)16(22)14-8-15-18-9-13(6-7-17)10-20(15)19-14/h8-12H,3-7H2,1-2H3/t11-,12+. The van der Waals surface area contributed by atoms with Crippen molar-refractivity contribution in [3.05, 3.63) is 29.7 Å². The molecule has 6 heteroatoms. The molecule has 0 aromatic carbocycles. The van der Waals surface area contributed by atoms with E-state index in [1.807, 2.05) is 11.1 Å². The molecule has 0 bridgehead atoms. The molecule has 22 heavy (non-hydrogen) atoms. The molecular weight excluding hydrogens is 300 g/mol. The maximum Gasteiger partial charge on any atom is 0.274 e. The molecule has 0 spiro atoms. The van der Waals surface area contributed by atoms with Gasteiger partial charge in [-0.2, -0.15) is 5.10 Å². The van der Waals surface area contributed by atoms with E-state index in [-0.39, 0.29) is 18.0 Å². The molecule has 0 radical (unpaired) electrons. The minimum Gasteiger partial charge on any atom is -0.332 e. The largest absolute Gasteiger partial charge is 0.332 e. The van der Waals surface area contributed by atoms with E-state index in [1.165, 1.54) is 6.42 Å². The van der Waals surface area contributed by atoms with Crippen LogP contribution < -0.4 is 0 Å². The van der Waals surface area contributed by atoms with Crippen LogP contribution in [0.3, 0.4) is 0 Å². The lowest BCUT2D eigenvalue weighted by Crippen LogP contribution is -2.47. The number of alkyl halides is 1. The van der Waals surface area contributed by atoms with Crippen molar-refractivity contribution in [2.45, 2.75) is 51.6 Å². The lowest BCUT2D eigenvalue weighted by atomic mass is 9.97. The van der Waals surface area contributed by atoms with Crippen LogP contribution in [0.4, 0.5) is 0 Å². The van der Waals surface area contributed by atoms with Gasteiger partial charge >= 0.3 is 0 Å². The van der Waals surface area contributed by atoms with E-state index in [2.05, 4.69) is 23.9 Å². The van der Waals surface area contributed by atoms with Crippen LogP contribution in [0.5, 0.6) is 0 Å². The molecule has 1 aliphatic heterocycles. The maximum absolute atomic E-state index is 12.8. The second-order valence-corrected chi connectivity index (χ2v) is 6.45. The summed E-state index contributed by atoms with van der Waals surface area (Å²) >= 11 is 5.76. The van der Waals surface area contributed by atoms with Crippen molar-refractivity contribution in [3.8, 4) is 0 Å². The normalized spacial score (nSPS) is 22.2. The number of carbonyl (C=O) groups is 1. The van der Waals surface area contributed by atoms with E-state index in [1.54, 1.807) is 16.8 Å². The first-order chi connectivity index (χ1) is 10.6. The summed E-state index contributed by atoms with van der Waals surface area (Å²) in [6.07, 6.45) is 7.72. The number of hydrogen-bond donors (Lipinski definition) is 0. The Bertz CT molecular complexity index is 674. The SMILES string of the molecule is C[C@@H]1CCC[C@H](C)N1C(=O)c1cc2ncc(CCCl)cn2n1. The van der Waals surface area contributed by atoms with E-state index in [9.17, 15) is 4.79 Å². The lowest BCUT2D eigenvalue weighted by molar-refractivity contribution is 0.0504. The fourth-order valence-corrected chi connectivity index (χ4v) is 3.43. The van der Waals surface area contributed by atoms with Gasteiger partial charge in [0.2, 0.25) is 0 Å². The number of fused-ring (bicyclic) bond motifs is 1. The molecular formula is C16H21ClN4O. The summed E-state index contributed by atoms with van der Waals surface area (Å²) in [7, 11) is 0. The monoisotopic (exact) mass is 320 g/mol. The smallest absolute Gasteiger partial charge is 0.274 e. The molecule has 1 amide bonds. The highest BCUT2D eigenvalue weighted by molar-refractivity contribution is 6.17. The third-order valence-corrected chi connectivity index (χ3v) is 4.59. The zero-order valence-corrected chi connectivity index (χ0v) is 13.8. The van der Waals surface area contributed by atoms with E-state index in [0.717, 1.165) is 24.8 Å². The Labute approximate surface area is 135 Å². The molecule has 0 saturated carbocycles. The van der Waals surface area contributed by atoms with Crippen molar-refractivity contribution in [3.63, 3.8) is 0 Å². The summed E-state index contributed by atoms with van der Waals surface area (Å²) in [6.45, 7) is 4.22. The van der Waals surface area contributed by atoms with Crippen molar-refractivity contribution in [1.29, 1.82) is 0 Å². The molecule has 2 atom stereocenters. The predicted octanol–water partition coefficient (Wildman–Crippen LogP) is 2.91. The first-order valence-corrected chi connectivity index (χ1v) is 8.36. The van der Waals surface area contributed by atoms with Gasteiger partial charge in [0.25, 0.3) is 5.91 Å². The Morgan fingerprint density at radius 2 is 2.09 bits per heavy atom. The summed E-state index contributed by atoms with van der Waals surface area (Å²) in [6, 6.07) is 2.29. The number of rotatable bonds is 3. The molecule has 2 aromatic rings. The van der Waals surface area contributed by atoms with Crippen molar-refractivity contribution >= 4 is 23.2 Å². The molecule has 0 unspecified atom stereocenters. The van der Waals surface area contributed by atoms with Gasteiger partial charge in [-0.15, -0.1) is 11.6 Å². The number of halogens is 1. The first-order valence-electron chi connectivity index (χ1n) is 7.83. The fourth-order valence-electron chi connectivity index (χ4n) is 3.21. The second-order valence-electron chi connectivity index (χ2n) is 6.07. The van der Waals surface area contributed by atoms with Gasteiger partial charge in [-0.1, -0.05) is 0 Å². The highest BCUT2D eigenvalue weighted by Gasteiger charge is 2.31. The third kappa shape index (κ3) is 2.82. The van der Waals surface area contributed by atoms with Crippen LogP contribution in [0.25, 0.3) is 5.65 Å². The number of carbonyl (C=O) groups excluding carboxylic acids is 1.